The largest absolute Gasteiger partial charge is 0.350 e. The molecule has 0 fully saturated rings. The molecule has 7 nitrogen and oxygen atoms in total. The van der Waals surface area contributed by atoms with Crippen LogP contribution in [0.25, 0.3) is 0 Å². The monoisotopic (exact) mass is 639 g/mol. The molecule has 0 heterocycles. The molecule has 0 aliphatic carbocycles. The fourth-order valence-corrected chi connectivity index (χ4v) is 6.82. The van der Waals surface area contributed by atoms with Crippen molar-refractivity contribution in [1.82, 2.24) is 10.2 Å². The molecule has 1 N–H and O–H groups in total. The fraction of sp³-hybridized carbons (Fsp3) is 0.316. The minimum Gasteiger partial charge on any atom is -0.350 e. The van der Waals surface area contributed by atoms with Crippen molar-refractivity contribution in [3.63, 3.8) is 0 Å². The van der Waals surface area contributed by atoms with E-state index in [0.717, 1.165) is 27.8 Å². The van der Waals surface area contributed by atoms with Crippen LogP contribution in [0.4, 0.5) is 5.69 Å². The van der Waals surface area contributed by atoms with E-state index in [2.05, 4.69) is 5.32 Å². The summed E-state index contributed by atoms with van der Waals surface area (Å²) in [4.78, 5) is 30.3. The van der Waals surface area contributed by atoms with Gasteiger partial charge in [0.05, 0.1) is 10.6 Å². The van der Waals surface area contributed by atoms with E-state index in [0.29, 0.717) is 11.3 Å². The SMILES string of the molecule is Cc1ccc(S(=O)(=O)N(CC(=O)N(Cc2cccc(C)c2)[C@@H](Cc2ccccc2)C(=O)NC(C)(C)C)c2cc(C)ccc2C)cc1. The van der Waals surface area contributed by atoms with E-state index in [9.17, 15) is 18.0 Å². The van der Waals surface area contributed by atoms with E-state index in [1.807, 2.05) is 115 Å². The van der Waals surface area contributed by atoms with Crippen molar-refractivity contribution in [3.8, 4) is 0 Å². The Kier molecular flexibility index (Phi) is 10.7. The maximum atomic E-state index is 14.7. The highest BCUT2D eigenvalue weighted by atomic mass is 32.2. The molecule has 4 aromatic carbocycles. The lowest BCUT2D eigenvalue weighted by molar-refractivity contribution is -0.140. The number of benzene rings is 4. The molecule has 242 valence electrons. The third-order valence-electron chi connectivity index (χ3n) is 7.73. The Hall–Kier alpha value is -4.43. The fourth-order valence-electron chi connectivity index (χ4n) is 5.35. The number of nitrogens with zero attached hydrogens (tertiary/aromatic N) is 2. The molecule has 0 radical (unpaired) electrons. The number of rotatable bonds is 11. The second-order valence-electron chi connectivity index (χ2n) is 13.1. The van der Waals surface area contributed by atoms with Crippen LogP contribution >= 0.6 is 0 Å². The molecule has 0 aliphatic rings. The highest BCUT2D eigenvalue weighted by Crippen LogP contribution is 2.29. The Morgan fingerprint density at radius 3 is 1.98 bits per heavy atom. The van der Waals surface area contributed by atoms with E-state index in [-0.39, 0.29) is 23.8 Å². The Morgan fingerprint density at radius 2 is 1.35 bits per heavy atom. The van der Waals surface area contributed by atoms with Crippen molar-refractivity contribution in [2.45, 2.75) is 77.9 Å². The summed E-state index contributed by atoms with van der Waals surface area (Å²) in [5.74, 6) is -0.792. The number of carbonyl (C=O) groups is 2. The van der Waals surface area contributed by atoms with Gasteiger partial charge in [0, 0.05) is 18.5 Å². The molecule has 0 saturated heterocycles. The van der Waals surface area contributed by atoms with Gasteiger partial charge in [-0.15, -0.1) is 0 Å². The van der Waals surface area contributed by atoms with Gasteiger partial charge < -0.3 is 10.2 Å². The van der Waals surface area contributed by atoms with Crippen molar-refractivity contribution in [3.05, 3.63) is 130 Å². The van der Waals surface area contributed by atoms with Crippen LogP contribution in [0.2, 0.25) is 0 Å². The number of aryl methyl sites for hydroxylation is 4. The number of hydrogen-bond acceptors (Lipinski definition) is 4. The number of sulfonamides is 1. The van der Waals surface area contributed by atoms with E-state index in [1.54, 1.807) is 30.3 Å². The first kappa shape index (κ1) is 34.4. The van der Waals surface area contributed by atoms with E-state index >= 15 is 0 Å². The number of carbonyl (C=O) groups excluding carboxylic acids is 2. The van der Waals surface area contributed by atoms with Crippen molar-refractivity contribution >= 4 is 27.5 Å². The maximum absolute atomic E-state index is 14.7. The summed E-state index contributed by atoms with van der Waals surface area (Å²) in [5, 5.41) is 3.07. The first-order valence-electron chi connectivity index (χ1n) is 15.5. The molecular weight excluding hydrogens is 595 g/mol. The van der Waals surface area contributed by atoms with E-state index < -0.39 is 34.1 Å². The summed E-state index contributed by atoms with van der Waals surface area (Å²) < 4.78 is 29.8. The lowest BCUT2D eigenvalue weighted by atomic mass is 10.0. The van der Waals surface area contributed by atoms with Crippen molar-refractivity contribution in [2.24, 2.45) is 0 Å². The van der Waals surface area contributed by atoms with Gasteiger partial charge in [-0.2, -0.15) is 0 Å². The lowest BCUT2D eigenvalue weighted by Gasteiger charge is -2.35. The van der Waals surface area contributed by atoms with Crippen molar-refractivity contribution in [2.75, 3.05) is 10.8 Å². The molecule has 0 bridgehead atoms. The molecule has 0 aliphatic heterocycles. The Bertz CT molecular complexity index is 1780. The summed E-state index contributed by atoms with van der Waals surface area (Å²) >= 11 is 0. The molecular formula is C38H45N3O4S. The summed E-state index contributed by atoms with van der Waals surface area (Å²) in [6.07, 6.45) is 0.258. The number of anilines is 1. The number of hydrogen-bond donors (Lipinski definition) is 1. The first-order chi connectivity index (χ1) is 21.6. The molecule has 1 atom stereocenters. The van der Waals surface area contributed by atoms with Gasteiger partial charge in [-0.25, -0.2) is 8.42 Å². The third kappa shape index (κ3) is 8.85. The molecule has 46 heavy (non-hydrogen) atoms. The minimum absolute atomic E-state index is 0.0864. The van der Waals surface area contributed by atoms with Crippen LogP contribution in [0.1, 0.15) is 54.2 Å². The maximum Gasteiger partial charge on any atom is 0.264 e. The van der Waals surface area contributed by atoms with E-state index in [4.69, 9.17) is 0 Å². The smallest absolute Gasteiger partial charge is 0.264 e. The Labute approximate surface area is 274 Å². The average molecular weight is 640 g/mol. The standard InChI is InChI=1S/C38H45N3O4S/c1-27-17-20-33(21-18-27)46(44,45)41(34-23-29(3)16-19-30(34)4)26-36(42)40(25-32-15-11-12-28(2)22-32)35(37(43)39-38(5,6)7)24-31-13-9-8-10-14-31/h8-23,35H,24-26H2,1-7H3,(H,39,43)/t35-/m0/s1. The zero-order chi connectivity index (χ0) is 33.6. The molecule has 2 amide bonds. The van der Waals surface area contributed by atoms with Crippen LogP contribution in [-0.4, -0.2) is 43.3 Å². The molecule has 4 aromatic rings. The van der Waals surface area contributed by atoms with Crippen molar-refractivity contribution in [1.29, 1.82) is 0 Å². The molecule has 0 unspecified atom stereocenters. The van der Waals surface area contributed by atoms with Crippen LogP contribution in [0.5, 0.6) is 0 Å². The van der Waals surface area contributed by atoms with Crippen LogP contribution < -0.4 is 9.62 Å². The summed E-state index contributed by atoms with van der Waals surface area (Å²) in [6.45, 7) is 12.9. The molecule has 0 spiro atoms. The second kappa shape index (κ2) is 14.3. The molecule has 4 rings (SSSR count). The highest BCUT2D eigenvalue weighted by molar-refractivity contribution is 7.92. The van der Waals surface area contributed by atoms with Crippen LogP contribution in [0.3, 0.4) is 0 Å². The highest BCUT2D eigenvalue weighted by Gasteiger charge is 2.36. The molecule has 0 aromatic heterocycles. The second-order valence-corrected chi connectivity index (χ2v) is 14.9. The summed E-state index contributed by atoms with van der Waals surface area (Å²) in [7, 11) is -4.17. The van der Waals surface area contributed by atoms with Gasteiger partial charge in [-0.3, -0.25) is 13.9 Å². The van der Waals surface area contributed by atoms with Gasteiger partial charge in [0.25, 0.3) is 10.0 Å². The third-order valence-corrected chi connectivity index (χ3v) is 9.50. The number of amides is 2. The molecule has 0 saturated carbocycles. The van der Waals surface area contributed by atoms with Crippen LogP contribution in [0.15, 0.2) is 102 Å². The Morgan fingerprint density at radius 1 is 0.739 bits per heavy atom. The van der Waals surface area contributed by atoms with Gasteiger partial charge >= 0.3 is 0 Å². The van der Waals surface area contributed by atoms with Gasteiger partial charge in [-0.1, -0.05) is 90.0 Å². The minimum atomic E-state index is -4.17. The van der Waals surface area contributed by atoms with Crippen LogP contribution in [-0.2, 0) is 32.6 Å². The quantitative estimate of drug-likeness (QED) is 0.199. The first-order valence-corrected chi connectivity index (χ1v) is 17.0. The predicted molar refractivity (Wildman–Crippen MR) is 185 cm³/mol. The lowest BCUT2D eigenvalue weighted by Crippen LogP contribution is -2.56. The van der Waals surface area contributed by atoms with Crippen LogP contribution in [0, 0.1) is 27.7 Å². The van der Waals surface area contributed by atoms with Gasteiger partial charge in [0.15, 0.2) is 0 Å². The van der Waals surface area contributed by atoms with Gasteiger partial charge in [-0.05, 0) is 88.9 Å². The number of nitrogens with one attached hydrogen (secondary N) is 1. The zero-order valence-corrected chi connectivity index (χ0v) is 28.7. The predicted octanol–water partition coefficient (Wildman–Crippen LogP) is 6.67. The topological polar surface area (TPSA) is 86.8 Å². The van der Waals surface area contributed by atoms with Crippen molar-refractivity contribution < 1.29 is 18.0 Å². The summed E-state index contributed by atoms with van der Waals surface area (Å²) in [6, 6.07) is 28.6. The Balaban J connectivity index is 1.85. The average Bonchev–Trinajstić information content (AvgIpc) is 2.98. The van der Waals surface area contributed by atoms with E-state index in [1.165, 1.54) is 9.21 Å². The van der Waals surface area contributed by atoms with Gasteiger partial charge in [0.2, 0.25) is 11.8 Å². The van der Waals surface area contributed by atoms with Gasteiger partial charge in [0.1, 0.15) is 12.6 Å². The normalized spacial score (nSPS) is 12.3. The zero-order valence-electron chi connectivity index (χ0n) is 27.9. The summed E-state index contributed by atoms with van der Waals surface area (Å²) in [5.41, 5.74) is 5.11. The molecule has 8 heteroatoms.